The van der Waals surface area contributed by atoms with Gasteiger partial charge in [0.05, 0.1) is 17.1 Å². The number of carbonyl (C=O) groups excluding carboxylic acids is 2. The van der Waals surface area contributed by atoms with Gasteiger partial charge in [-0.2, -0.15) is 0 Å². The number of para-hydroxylation sites is 1. The fraction of sp³-hybridized carbons (Fsp3) is 0.375. The molecule has 2 unspecified atom stereocenters. The third-order valence-corrected chi connectivity index (χ3v) is 8.60. The van der Waals surface area contributed by atoms with E-state index in [9.17, 15) is 9.59 Å². The van der Waals surface area contributed by atoms with Crippen LogP contribution in [0.1, 0.15) is 73.0 Å². The molecule has 0 radical (unpaired) electrons. The summed E-state index contributed by atoms with van der Waals surface area (Å²) in [6.07, 6.45) is 11.1. The van der Waals surface area contributed by atoms with E-state index in [1.807, 2.05) is 18.3 Å². The lowest BCUT2D eigenvalue weighted by Crippen LogP contribution is -2.43. The fourth-order valence-electron chi connectivity index (χ4n) is 5.93. The maximum atomic E-state index is 13.1. The van der Waals surface area contributed by atoms with Crippen molar-refractivity contribution >= 4 is 40.2 Å². The van der Waals surface area contributed by atoms with E-state index < -0.39 is 6.04 Å². The van der Waals surface area contributed by atoms with Crippen molar-refractivity contribution in [2.75, 3.05) is 13.6 Å². The predicted octanol–water partition coefficient (Wildman–Crippen LogP) is 5.41. The molecule has 0 bridgehead atoms. The first-order chi connectivity index (χ1) is 18.9. The summed E-state index contributed by atoms with van der Waals surface area (Å²) in [5.41, 5.74) is 5.98. The number of nitrogens with one attached hydrogen (secondary N) is 4. The number of aromatic amines is 1. The second-order valence-electron chi connectivity index (χ2n) is 10.7. The van der Waals surface area contributed by atoms with E-state index in [0.29, 0.717) is 11.4 Å². The summed E-state index contributed by atoms with van der Waals surface area (Å²) in [6, 6.07) is 14.2. The Balaban J connectivity index is 1.42. The number of Topliss-reactive ketones (excluding diaryl/α,β-unsaturated/α-hetero) is 1. The topological polar surface area (TPSA) is 110 Å². The zero-order chi connectivity index (χ0) is 27.6. The summed E-state index contributed by atoms with van der Waals surface area (Å²) in [4.78, 5) is 32.6. The van der Waals surface area contributed by atoms with Crippen LogP contribution in [0.3, 0.4) is 0 Å². The average Bonchev–Trinajstić information content (AvgIpc) is 3.25. The van der Waals surface area contributed by atoms with Crippen molar-refractivity contribution in [3.63, 3.8) is 0 Å². The van der Waals surface area contributed by atoms with Gasteiger partial charge in [0.2, 0.25) is 0 Å². The molecule has 1 fully saturated rings. The number of amidine groups is 1. The number of amides is 1. The van der Waals surface area contributed by atoms with Gasteiger partial charge < -0.3 is 15.6 Å². The van der Waals surface area contributed by atoms with Gasteiger partial charge in [-0.05, 0) is 68.0 Å². The molecule has 7 nitrogen and oxygen atoms in total. The Morgan fingerprint density at radius 3 is 2.59 bits per heavy atom. The molecule has 0 saturated heterocycles. The van der Waals surface area contributed by atoms with Crippen molar-refractivity contribution < 1.29 is 9.59 Å². The Labute approximate surface area is 229 Å². The van der Waals surface area contributed by atoms with Crippen molar-refractivity contribution in [2.45, 2.75) is 57.4 Å². The molecule has 202 valence electrons. The molecule has 2 aliphatic rings. The molecular formula is C32H37N5O2. The van der Waals surface area contributed by atoms with Crippen LogP contribution in [0.4, 0.5) is 0 Å². The van der Waals surface area contributed by atoms with Crippen LogP contribution in [0.15, 0.2) is 59.7 Å². The third-order valence-electron chi connectivity index (χ3n) is 8.60. The molecule has 39 heavy (non-hydrogen) atoms. The van der Waals surface area contributed by atoms with Gasteiger partial charge >= 0.3 is 0 Å². The number of aliphatic imine (C=N–C) groups is 1. The van der Waals surface area contributed by atoms with Gasteiger partial charge in [-0.15, -0.1) is 0 Å². The molecule has 1 aliphatic heterocycles. The van der Waals surface area contributed by atoms with Crippen molar-refractivity contribution in [3.05, 3.63) is 77.0 Å². The summed E-state index contributed by atoms with van der Waals surface area (Å²) >= 11 is 0. The van der Waals surface area contributed by atoms with Crippen molar-refractivity contribution in [1.82, 2.24) is 15.6 Å². The van der Waals surface area contributed by atoms with E-state index in [2.05, 4.69) is 70.1 Å². The fourth-order valence-corrected chi connectivity index (χ4v) is 5.93. The molecule has 7 heteroatoms. The SMILES string of the molecule is CCC1CC=C(c2ccc(C3(c4c[nH]c5c(C(=O)NCC(NC)C(C)=O)cccc45)CCC3)cc2)C=NC1=N. The minimum atomic E-state index is -0.408. The maximum Gasteiger partial charge on any atom is 0.253 e. The van der Waals surface area contributed by atoms with Gasteiger partial charge in [0, 0.05) is 35.7 Å². The number of hydrogen-bond acceptors (Lipinski definition) is 4. The second kappa shape index (κ2) is 11.1. The maximum absolute atomic E-state index is 13.1. The predicted molar refractivity (Wildman–Crippen MR) is 158 cm³/mol. The van der Waals surface area contributed by atoms with Crippen LogP contribution in [0.2, 0.25) is 0 Å². The van der Waals surface area contributed by atoms with E-state index in [-0.39, 0.29) is 29.6 Å². The zero-order valence-electron chi connectivity index (χ0n) is 22.9. The number of benzene rings is 2. The molecule has 3 aromatic rings. The molecule has 1 aliphatic carbocycles. The normalized spacial score (nSPS) is 19.2. The summed E-state index contributed by atoms with van der Waals surface area (Å²) in [6.45, 7) is 3.87. The van der Waals surface area contributed by atoms with Crippen LogP contribution in [0, 0.1) is 11.3 Å². The highest BCUT2D eigenvalue weighted by molar-refractivity contribution is 6.14. The quantitative estimate of drug-likeness (QED) is 0.301. The first-order valence-electron chi connectivity index (χ1n) is 13.9. The second-order valence-corrected chi connectivity index (χ2v) is 10.7. The smallest absolute Gasteiger partial charge is 0.253 e. The molecule has 4 N–H and O–H groups in total. The van der Waals surface area contributed by atoms with Gasteiger partial charge in [0.15, 0.2) is 0 Å². The number of H-pyrrole nitrogens is 1. The lowest BCUT2D eigenvalue weighted by molar-refractivity contribution is -0.118. The molecule has 2 heterocycles. The Hall–Kier alpha value is -3.84. The number of ketones is 1. The first-order valence-corrected chi connectivity index (χ1v) is 13.9. The average molecular weight is 524 g/mol. The number of fused-ring (bicyclic) bond motifs is 1. The van der Waals surface area contributed by atoms with Crippen LogP contribution < -0.4 is 10.6 Å². The van der Waals surface area contributed by atoms with Gasteiger partial charge in [0.1, 0.15) is 11.6 Å². The molecule has 1 saturated carbocycles. The minimum absolute atomic E-state index is 0.0108. The van der Waals surface area contributed by atoms with Crippen LogP contribution in [-0.2, 0) is 10.2 Å². The van der Waals surface area contributed by atoms with E-state index in [4.69, 9.17) is 5.41 Å². The van der Waals surface area contributed by atoms with Crippen LogP contribution in [0.5, 0.6) is 0 Å². The standard InChI is InChI=1S/C32H37N5O2/c1-4-21-9-10-23(17-36-30(21)33)22-11-13-24(14-12-22)32(15-6-16-32)27-18-35-29-25(27)7-5-8-26(29)31(39)37-19-28(34-3)20(2)38/h5,7-8,10-14,17-18,21,28,33-35H,4,6,9,15-16,19H2,1-3H3,(H,37,39). The minimum Gasteiger partial charge on any atom is -0.360 e. The monoisotopic (exact) mass is 523 g/mol. The Morgan fingerprint density at radius 2 is 1.95 bits per heavy atom. The van der Waals surface area contributed by atoms with E-state index >= 15 is 0 Å². The molecule has 2 atom stereocenters. The van der Waals surface area contributed by atoms with Crippen LogP contribution >= 0.6 is 0 Å². The summed E-state index contributed by atoms with van der Waals surface area (Å²) in [5.74, 6) is 0.438. The van der Waals surface area contributed by atoms with Crippen molar-refractivity contribution in [3.8, 4) is 0 Å². The summed E-state index contributed by atoms with van der Waals surface area (Å²) in [7, 11) is 1.72. The zero-order valence-corrected chi connectivity index (χ0v) is 22.9. The largest absolute Gasteiger partial charge is 0.360 e. The Kier molecular flexibility index (Phi) is 7.62. The highest BCUT2D eigenvalue weighted by Gasteiger charge is 2.42. The number of likely N-dealkylation sites (N-methyl/N-ethyl adjacent to an activating group) is 1. The number of aromatic nitrogens is 1. The van der Waals surface area contributed by atoms with E-state index in [1.165, 1.54) is 18.1 Å². The number of rotatable bonds is 9. The molecule has 1 aromatic heterocycles. The third kappa shape index (κ3) is 4.99. The lowest BCUT2D eigenvalue weighted by Gasteiger charge is -2.43. The molecule has 5 rings (SSSR count). The molecule has 1 amide bonds. The highest BCUT2D eigenvalue weighted by Crippen LogP contribution is 2.51. The van der Waals surface area contributed by atoms with Gasteiger partial charge in [-0.3, -0.25) is 15.0 Å². The van der Waals surface area contributed by atoms with Crippen molar-refractivity contribution in [1.29, 1.82) is 5.41 Å². The Bertz CT molecular complexity index is 1460. The number of hydrogen-bond donors (Lipinski definition) is 4. The van der Waals surface area contributed by atoms with Crippen LogP contribution in [-0.4, -0.2) is 48.4 Å². The van der Waals surface area contributed by atoms with E-state index in [1.54, 1.807) is 7.05 Å². The van der Waals surface area contributed by atoms with Crippen molar-refractivity contribution in [2.24, 2.45) is 10.9 Å². The van der Waals surface area contributed by atoms with Gasteiger partial charge in [0.25, 0.3) is 5.91 Å². The Morgan fingerprint density at radius 1 is 1.18 bits per heavy atom. The van der Waals surface area contributed by atoms with Gasteiger partial charge in [-0.25, -0.2) is 4.99 Å². The molecule has 0 spiro atoms. The number of allylic oxidation sites excluding steroid dienone is 2. The molecule has 2 aromatic carbocycles. The van der Waals surface area contributed by atoms with E-state index in [0.717, 1.165) is 54.1 Å². The number of nitrogens with zero attached hydrogens (tertiary/aromatic N) is 1. The summed E-state index contributed by atoms with van der Waals surface area (Å²) in [5, 5.41) is 15.1. The van der Waals surface area contributed by atoms with Gasteiger partial charge in [-0.1, -0.05) is 55.8 Å². The first kappa shape index (κ1) is 26.8. The molecular weight excluding hydrogens is 486 g/mol. The summed E-state index contributed by atoms with van der Waals surface area (Å²) < 4.78 is 0. The van der Waals surface area contributed by atoms with Crippen LogP contribution in [0.25, 0.3) is 16.5 Å². The lowest BCUT2D eigenvalue weighted by atomic mass is 9.60. The number of carbonyl (C=O) groups is 2. The highest BCUT2D eigenvalue weighted by atomic mass is 16.2.